The lowest BCUT2D eigenvalue weighted by molar-refractivity contribution is 0.126. The van der Waals surface area contributed by atoms with Gasteiger partial charge in [0.2, 0.25) is 10.0 Å². The molecule has 2 unspecified atom stereocenters. The number of ether oxygens (including phenoxy) is 1. The first-order chi connectivity index (χ1) is 18.6. The molecule has 0 amide bonds. The van der Waals surface area contributed by atoms with Crippen LogP contribution in [0.25, 0.3) is 0 Å². The lowest BCUT2D eigenvalue weighted by atomic mass is 9.90. The first-order valence-corrected chi connectivity index (χ1v) is 15.8. The third-order valence-electron chi connectivity index (χ3n) is 6.37. The second-order valence-corrected chi connectivity index (χ2v) is 13.3. The van der Waals surface area contributed by atoms with Crippen molar-refractivity contribution in [3.8, 4) is 0 Å². The second kappa shape index (κ2) is 10.6. The molecule has 0 radical (unpaired) electrons. The number of aliphatic imine (C=N–C) groups is 1. The van der Waals surface area contributed by atoms with Crippen LogP contribution in [-0.4, -0.2) is 29.0 Å². The fourth-order valence-electron chi connectivity index (χ4n) is 4.52. The summed E-state index contributed by atoms with van der Waals surface area (Å²) in [6.45, 7) is 0. The van der Waals surface area contributed by atoms with E-state index in [-0.39, 0.29) is 9.79 Å². The zero-order valence-electron chi connectivity index (χ0n) is 20.9. The highest BCUT2D eigenvalue weighted by Crippen LogP contribution is 2.47. The number of nitrogens with zero attached hydrogens (tertiary/aromatic N) is 1. The number of nitrogens with one attached hydrogen (secondary N) is 1. The van der Waals surface area contributed by atoms with Gasteiger partial charge in [0.1, 0.15) is 0 Å². The smallest absolute Gasteiger partial charge is 0.242 e. The van der Waals surface area contributed by atoms with Gasteiger partial charge in [0.05, 0.1) is 9.79 Å². The highest BCUT2D eigenvalue weighted by Gasteiger charge is 2.52. The Kier molecular flexibility index (Phi) is 7.35. The van der Waals surface area contributed by atoms with E-state index in [1.54, 1.807) is 54.6 Å². The molecule has 0 spiro atoms. The van der Waals surface area contributed by atoms with Gasteiger partial charge in [-0.15, -0.1) is 0 Å². The highest BCUT2D eigenvalue weighted by atomic mass is 35.5. The molecule has 4 aromatic rings. The number of halogens is 1. The first-order valence-electron chi connectivity index (χ1n) is 12.0. The number of rotatable bonds is 8. The molecule has 1 heterocycles. The van der Waals surface area contributed by atoms with E-state index in [1.807, 2.05) is 30.3 Å². The van der Waals surface area contributed by atoms with Crippen LogP contribution in [-0.2, 0) is 36.7 Å². The topological polar surface area (TPSA) is 102 Å². The first kappa shape index (κ1) is 27.1. The van der Waals surface area contributed by atoms with Crippen LogP contribution in [0, 0.1) is 0 Å². The van der Waals surface area contributed by atoms with Crippen molar-refractivity contribution in [2.45, 2.75) is 28.0 Å². The minimum absolute atomic E-state index is 0.0503. The molecule has 0 bridgehead atoms. The molecule has 1 aliphatic heterocycles. The quantitative estimate of drug-likeness (QED) is 0.305. The van der Waals surface area contributed by atoms with Gasteiger partial charge in [0.15, 0.2) is 27.5 Å². The molecule has 2 atom stereocenters. The van der Waals surface area contributed by atoms with Crippen molar-refractivity contribution in [1.82, 2.24) is 4.72 Å². The SMILES string of the molecule is CS(=O)(=O)c1ccc(C2OC(Cc3ccccc3)=NC2(NS(=O)(=O)c2ccccc2)c2ccccc2Cl)cc1. The third-order valence-corrected chi connectivity index (χ3v) is 9.30. The normalized spacial score (nSPS) is 19.3. The number of benzene rings is 4. The number of hydrogen-bond donors (Lipinski definition) is 1. The minimum Gasteiger partial charge on any atom is -0.468 e. The van der Waals surface area contributed by atoms with E-state index in [0.717, 1.165) is 11.8 Å². The monoisotopic (exact) mass is 580 g/mol. The molecule has 5 rings (SSSR count). The van der Waals surface area contributed by atoms with Crippen LogP contribution in [0.4, 0.5) is 0 Å². The van der Waals surface area contributed by atoms with Gasteiger partial charge in [0.25, 0.3) is 0 Å². The Balaban J connectivity index is 1.71. The van der Waals surface area contributed by atoms with Crippen molar-refractivity contribution in [1.29, 1.82) is 0 Å². The van der Waals surface area contributed by atoms with Gasteiger partial charge in [-0.25, -0.2) is 21.8 Å². The van der Waals surface area contributed by atoms with E-state index >= 15 is 0 Å². The Morgan fingerprint density at radius 2 is 1.38 bits per heavy atom. The summed E-state index contributed by atoms with van der Waals surface area (Å²) in [6.07, 6.45) is 0.429. The van der Waals surface area contributed by atoms with Crippen molar-refractivity contribution in [3.05, 3.63) is 131 Å². The van der Waals surface area contributed by atoms with Crippen LogP contribution in [0.2, 0.25) is 5.02 Å². The highest BCUT2D eigenvalue weighted by molar-refractivity contribution is 7.90. The molecule has 1 aliphatic rings. The van der Waals surface area contributed by atoms with E-state index in [9.17, 15) is 16.8 Å². The molecular weight excluding hydrogens is 556 g/mol. The summed E-state index contributed by atoms with van der Waals surface area (Å²) in [7, 11) is -7.58. The molecule has 0 saturated heterocycles. The van der Waals surface area contributed by atoms with Crippen molar-refractivity contribution in [2.24, 2.45) is 4.99 Å². The molecule has 10 heteroatoms. The standard InChI is InChI=1S/C29H25ClN2O5S2/c1-38(33,34)23-18-16-22(17-19-23)28-29(25-14-8-9-15-26(25)30,32-39(35,36)24-12-6-3-7-13-24)31-27(37-28)20-21-10-4-2-5-11-21/h2-19,28,32H,20H2,1H3. The summed E-state index contributed by atoms with van der Waals surface area (Å²) in [4.78, 5) is 5.07. The van der Waals surface area contributed by atoms with Crippen LogP contribution in [0.1, 0.15) is 22.8 Å². The molecule has 0 aliphatic carbocycles. The molecule has 0 fully saturated rings. The second-order valence-electron chi connectivity index (χ2n) is 9.17. The number of hydrogen-bond acceptors (Lipinski definition) is 6. The molecule has 7 nitrogen and oxygen atoms in total. The molecule has 0 saturated carbocycles. The van der Waals surface area contributed by atoms with E-state index < -0.39 is 31.6 Å². The molecule has 4 aromatic carbocycles. The van der Waals surface area contributed by atoms with E-state index in [2.05, 4.69) is 4.72 Å². The fraction of sp³-hybridized carbons (Fsp3) is 0.138. The predicted molar refractivity (Wildman–Crippen MR) is 151 cm³/mol. The summed E-state index contributed by atoms with van der Waals surface area (Å²) in [5.41, 5.74) is 0.142. The average Bonchev–Trinajstić information content (AvgIpc) is 3.27. The van der Waals surface area contributed by atoms with Gasteiger partial charge in [-0.3, -0.25) is 0 Å². The molecule has 0 aromatic heterocycles. The van der Waals surface area contributed by atoms with Gasteiger partial charge < -0.3 is 4.74 Å². The summed E-state index contributed by atoms with van der Waals surface area (Å²) in [5.74, 6) is 0.300. The van der Waals surface area contributed by atoms with E-state index in [1.165, 1.54) is 24.3 Å². The zero-order chi connectivity index (χ0) is 27.7. The lowest BCUT2D eigenvalue weighted by Crippen LogP contribution is -2.47. The fourth-order valence-corrected chi connectivity index (χ4v) is 6.74. The maximum Gasteiger partial charge on any atom is 0.242 e. The number of sulfonamides is 1. The molecular formula is C29H25ClN2O5S2. The Labute approximate surface area is 233 Å². The van der Waals surface area contributed by atoms with Crippen LogP contribution in [0.3, 0.4) is 0 Å². The maximum atomic E-state index is 13.7. The lowest BCUT2D eigenvalue weighted by Gasteiger charge is -2.33. The summed E-state index contributed by atoms with van der Waals surface area (Å²) in [5, 5.41) is 0.291. The Morgan fingerprint density at radius 1 is 0.795 bits per heavy atom. The Bertz CT molecular complexity index is 1730. The summed E-state index contributed by atoms with van der Waals surface area (Å²) >= 11 is 6.68. The Morgan fingerprint density at radius 3 is 2.00 bits per heavy atom. The molecule has 1 N–H and O–H groups in total. The van der Waals surface area contributed by atoms with Gasteiger partial charge in [0, 0.05) is 23.3 Å². The van der Waals surface area contributed by atoms with Crippen LogP contribution in [0.5, 0.6) is 0 Å². The van der Waals surface area contributed by atoms with Crippen molar-refractivity contribution < 1.29 is 21.6 Å². The van der Waals surface area contributed by atoms with E-state index in [0.29, 0.717) is 28.5 Å². The average molecular weight is 581 g/mol. The number of sulfone groups is 1. The predicted octanol–water partition coefficient (Wildman–Crippen LogP) is 5.29. The largest absolute Gasteiger partial charge is 0.468 e. The maximum absolute atomic E-state index is 13.7. The van der Waals surface area contributed by atoms with Crippen molar-refractivity contribution in [3.63, 3.8) is 0 Å². The van der Waals surface area contributed by atoms with Gasteiger partial charge >= 0.3 is 0 Å². The molecule has 200 valence electrons. The summed E-state index contributed by atoms with van der Waals surface area (Å²) in [6, 6.07) is 30.5. The van der Waals surface area contributed by atoms with E-state index in [4.69, 9.17) is 21.3 Å². The third kappa shape index (κ3) is 5.62. The van der Waals surface area contributed by atoms with Crippen molar-refractivity contribution in [2.75, 3.05) is 6.26 Å². The van der Waals surface area contributed by atoms with Gasteiger partial charge in [-0.1, -0.05) is 90.5 Å². The van der Waals surface area contributed by atoms with Crippen LogP contribution >= 0.6 is 11.6 Å². The zero-order valence-corrected chi connectivity index (χ0v) is 23.2. The van der Waals surface area contributed by atoms with Gasteiger partial charge in [-0.05, 0) is 41.5 Å². The van der Waals surface area contributed by atoms with Crippen molar-refractivity contribution >= 4 is 37.4 Å². The van der Waals surface area contributed by atoms with Gasteiger partial charge in [-0.2, -0.15) is 4.72 Å². The van der Waals surface area contributed by atoms with Crippen LogP contribution in [0.15, 0.2) is 124 Å². The minimum atomic E-state index is -4.13. The summed E-state index contributed by atoms with van der Waals surface area (Å²) < 4.78 is 60.9. The molecule has 39 heavy (non-hydrogen) atoms. The van der Waals surface area contributed by atoms with Crippen LogP contribution < -0.4 is 4.72 Å². The Hall–Kier alpha value is -3.50.